The van der Waals surface area contributed by atoms with Gasteiger partial charge < -0.3 is 20.1 Å². The molecule has 2 N–H and O–H groups in total. The van der Waals surface area contributed by atoms with Crippen LogP contribution in [0.15, 0.2) is 18.2 Å². The summed E-state index contributed by atoms with van der Waals surface area (Å²) in [5.74, 6) is 0.504. The van der Waals surface area contributed by atoms with Gasteiger partial charge in [0.25, 0.3) is 0 Å². The van der Waals surface area contributed by atoms with Gasteiger partial charge in [-0.1, -0.05) is 18.0 Å². The first kappa shape index (κ1) is 18.5. The number of rotatable bonds is 8. The molecule has 0 amide bonds. The van der Waals surface area contributed by atoms with Crippen molar-refractivity contribution in [1.82, 2.24) is 5.32 Å². The van der Waals surface area contributed by atoms with Crippen LogP contribution in [0.25, 0.3) is 0 Å². The first-order chi connectivity index (χ1) is 10.6. The molecule has 122 valence electrons. The molecule has 0 radical (unpaired) electrons. The van der Waals surface area contributed by atoms with Crippen LogP contribution in [-0.4, -0.2) is 31.8 Å². The minimum Gasteiger partial charge on any atom is -0.495 e. The molecule has 0 aliphatic rings. The number of halogens is 1. The maximum atomic E-state index is 11.0. The number of esters is 1. The number of benzene rings is 1. The van der Waals surface area contributed by atoms with E-state index in [-0.39, 0.29) is 5.97 Å². The Morgan fingerprint density at radius 3 is 2.73 bits per heavy atom. The van der Waals surface area contributed by atoms with Gasteiger partial charge in [-0.2, -0.15) is 0 Å². The normalized spacial score (nSPS) is 9.95. The number of thiocarbonyl (C=S) groups is 1. The third-order valence-electron chi connectivity index (χ3n) is 2.98. The largest absolute Gasteiger partial charge is 0.495 e. The number of carbonyl (C=O) groups excluding carboxylic acids is 1. The zero-order valence-electron chi connectivity index (χ0n) is 12.8. The van der Waals surface area contributed by atoms with E-state index in [0.717, 1.165) is 31.5 Å². The average molecular weight is 345 g/mol. The summed E-state index contributed by atoms with van der Waals surface area (Å²) in [5, 5.41) is 7.28. The van der Waals surface area contributed by atoms with Gasteiger partial charge in [-0.25, -0.2) is 0 Å². The molecule has 0 atom stereocenters. The molecule has 0 saturated heterocycles. The first-order valence-electron chi connectivity index (χ1n) is 7.02. The van der Waals surface area contributed by atoms with Gasteiger partial charge in [0.2, 0.25) is 0 Å². The lowest BCUT2D eigenvalue weighted by Crippen LogP contribution is -2.29. The zero-order chi connectivity index (χ0) is 16.4. The third kappa shape index (κ3) is 6.95. The van der Waals surface area contributed by atoms with Gasteiger partial charge in [0.15, 0.2) is 5.11 Å². The van der Waals surface area contributed by atoms with Crippen molar-refractivity contribution in [1.29, 1.82) is 0 Å². The second-order valence-electron chi connectivity index (χ2n) is 4.61. The van der Waals surface area contributed by atoms with Gasteiger partial charge in [0, 0.05) is 18.0 Å². The van der Waals surface area contributed by atoms with E-state index in [1.165, 1.54) is 7.11 Å². The van der Waals surface area contributed by atoms with Crippen LogP contribution in [0.2, 0.25) is 5.02 Å². The molecule has 0 fully saturated rings. The molecule has 0 aromatic heterocycles. The van der Waals surface area contributed by atoms with E-state index in [1.807, 2.05) is 0 Å². The number of carbonyl (C=O) groups is 1. The molecule has 0 aliphatic heterocycles. The average Bonchev–Trinajstić information content (AvgIpc) is 2.50. The summed E-state index contributed by atoms with van der Waals surface area (Å²) in [6.07, 6.45) is 3.13. The van der Waals surface area contributed by atoms with Crippen molar-refractivity contribution in [3.63, 3.8) is 0 Å². The maximum absolute atomic E-state index is 11.0. The van der Waals surface area contributed by atoms with E-state index in [0.29, 0.717) is 22.3 Å². The maximum Gasteiger partial charge on any atom is 0.305 e. The molecule has 1 rings (SSSR count). The fourth-order valence-corrected chi connectivity index (χ4v) is 2.20. The summed E-state index contributed by atoms with van der Waals surface area (Å²) < 4.78 is 9.82. The van der Waals surface area contributed by atoms with Gasteiger partial charge in [0.1, 0.15) is 5.75 Å². The summed E-state index contributed by atoms with van der Waals surface area (Å²) in [7, 11) is 2.99. The van der Waals surface area contributed by atoms with E-state index in [9.17, 15) is 4.79 Å². The summed E-state index contributed by atoms with van der Waals surface area (Å²) >= 11 is 11.2. The van der Waals surface area contributed by atoms with Crippen molar-refractivity contribution >= 4 is 40.6 Å². The molecule has 0 saturated carbocycles. The van der Waals surface area contributed by atoms with Crippen molar-refractivity contribution in [2.45, 2.75) is 25.7 Å². The van der Waals surface area contributed by atoms with Crippen LogP contribution in [0.3, 0.4) is 0 Å². The topological polar surface area (TPSA) is 59.6 Å². The highest BCUT2D eigenvalue weighted by Crippen LogP contribution is 2.27. The van der Waals surface area contributed by atoms with Crippen LogP contribution in [0.1, 0.15) is 25.7 Å². The van der Waals surface area contributed by atoms with E-state index < -0.39 is 0 Å². The molecule has 5 nitrogen and oxygen atoms in total. The molecule has 22 heavy (non-hydrogen) atoms. The van der Waals surface area contributed by atoms with Crippen molar-refractivity contribution in [2.75, 3.05) is 26.1 Å². The summed E-state index contributed by atoms with van der Waals surface area (Å²) in [5.41, 5.74) is 0.721. The van der Waals surface area contributed by atoms with Crippen molar-refractivity contribution in [3.05, 3.63) is 23.2 Å². The lowest BCUT2D eigenvalue weighted by atomic mass is 10.2. The predicted octanol–water partition coefficient (Wildman–Crippen LogP) is 3.37. The fraction of sp³-hybridized carbons (Fsp3) is 0.467. The number of nitrogens with one attached hydrogen (secondary N) is 2. The Hall–Kier alpha value is -1.53. The number of methoxy groups -OCH3 is 2. The highest BCUT2D eigenvalue weighted by molar-refractivity contribution is 7.80. The Morgan fingerprint density at radius 2 is 2.05 bits per heavy atom. The Kier molecular flexibility index (Phi) is 8.62. The molecule has 0 heterocycles. The van der Waals surface area contributed by atoms with Crippen LogP contribution in [0.4, 0.5) is 5.69 Å². The van der Waals surface area contributed by atoms with Crippen LogP contribution < -0.4 is 15.4 Å². The number of ether oxygens (including phenoxy) is 2. The SMILES string of the molecule is COC(=O)CCCCCNC(=S)Nc1cc(Cl)ccc1OC. The quantitative estimate of drug-likeness (QED) is 0.428. The van der Waals surface area contributed by atoms with Crippen LogP contribution >= 0.6 is 23.8 Å². The second kappa shape index (κ2) is 10.2. The van der Waals surface area contributed by atoms with Gasteiger partial charge in [-0.3, -0.25) is 4.79 Å². The van der Waals surface area contributed by atoms with Gasteiger partial charge in [-0.15, -0.1) is 0 Å². The lowest BCUT2D eigenvalue weighted by molar-refractivity contribution is -0.140. The van der Waals surface area contributed by atoms with Gasteiger partial charge in [-0.05, 0) is 43.3 Å². The van der Waals surface area contributed by atoms with Crippen LogP contribution in [0.5, 0.6) is 5.75 Å². The van der Waals surface area contributed by atoms with E-state index in [2.05, 4.69) is 15.4 Å². The van der Waals surface area contributed by atoms with E-state index >= 15 is 0 Å². The predicted molar refractivity (Wildman–Crippen MR) is 92.7 cm³/mol. The summed E-state index contributed by atoms with van der Waals surface area (Å²) in [4.78, 5) is 11.0. The highest BCUT2D eigenvalue weighted by atomic mass is 35.5. The number of anilines is 1. The standard InChI is InChI=1S/C15H21ClN2O3S/c1-20-13-8-7-11(16)10-12(13)18-15(22)17-9-5-3-4-6-14(19)21-2/h7-8,10H,3-6,9H2,1-2H3,(H2,17,18,22). The molecule has 1 aromatic carbocycles. The van der Waals surface area contributed by atoms with E-state index in [4.69, 9.17) is 28.6 Å². The number of unbranched alkanes of at least 4 members (excludes halogenated alkanes) is 2. The lowest BCUT2D eigenvalue weighted by Gasteiger charge is -2.13. The zero-order valence-corrected chi connectivity index (χ0v) is 14.4. The Balaban J connectivity index is 2.26. The minimum atomic E-state index is -0.168. The Bertz CT molecular complexity index is 512. The first-order valence-corrected chi connectivity index (χ1v) is 7.80. The molecule has 0 bridgehead atoms. The van der Waals surface area contributed by atoms with Crippen molar-refractivity contribution in [2.24, 2.45) is 0 Å². The second-order valence-corrected chi connectivity index (χ2v) is 5.46. The molecular weight excluding hydrogens is 324 g/mol. The van der Waals surface area contributed by atoms with Gasteiger partial charge in [0.05, 0.1) is 19.9 Å². The Labute approximate surface area is 141 Å². The molecule has 0 unspecified atom stereocenters. The summed E-state index contributed by atoms with van der Waals surface area (Å²) in [6, 6.07) is 5.29. The van der Waals surface area contributed by atoms with Crippen LogP contribution in [-0.2, 0) is 9.53 Å². The fourth-order valence-electron chi connectivity index (χ4n) is 1.82. The third-order valence-corrected chi connectivity index (χ3v) is 3.46. The summed E-state index contributed by atoms with van der Waals surface area (Å²) in [6.45, 7) is 0.732. The molecule has 7 heteroatoms. The monoisotopic (exact) mass is 344 g/mol. The molecule has 0 aliphatic carbocycles. The molecule has 1 aromatic rings. The molecular formula is C15H21ClN2O3S. The number of hydrogen-bond donors (Lipinski definition) is 2. The Morgan fingerprint density at radius 1 is 1.27 bits per heavy atom. The van der Waals surface area contributed by atoms with E-state index in [1.54, 1.807) is 25.3 Å². The van der Waals surface area contributed by atoms with Crippen molar-refractivity contribution < 1.29 is 14.3 Å². The van der Waals surface area contributed by atoms with Crippen molar-refractivity contribution in [3.8, 4) is 5.75 Å². The van der Waals surface area contributed by atoms with Gasteiger partial charge >= 0.3 is 5.97 Å². The smallest absolute Gasteiger partial charge is 0.305 e. The minimum absolute atomic E-state index is 0.168. The highest BCUT2D eigenvalue weighted by Gasteiger charge is 2.05. The molecule has 0 spiro atoms. The number of hydrogen-bond acceptors (Lipinski definition) is 4. The van der Waals surface area contributed by atoms with Crippen LogP contribution in [0, 0.1) is 0 Å².